The summed E-state index contributed by atoms with van der Waals surface area (Å²) in [6.45, 7) is 9.03. The summed E-state index contributed by atoms with van der Waals surface area (Å²) in [5, 5.41) is 7.69. The lowest BCUT2D eigenvalue weighted by Gasteiger charge is -2.33. The van der Waals surface area contributed by atoms with Crippen LogP contribution in [0.4, 0.5) is 0 Å². The van der Waals surface area contributed by atoms with E-state index in [4.69, 9.17) is 14.9 Å². The Morgan fingerprint density at radius 1 is 1.14 bits per heavy atom. The fraction of sp³-hybridized carbons (Fsp3) is 0.909. The predicted octanol–water partition coefficient (Wildman–Crippen LogP) is 2.70. The molecule has 84 valence electrons. The summed E-state index contributed by atoms with van der Waals surface area (Å²) < 4.78 is 10.1. The monoisotopic (exact) mass is 201 g/mol. The van der Waals surface area contributed by atoms with Crippen LogP contribution in [0.2, 0.25) is 0 Å². The van der Waals surface area contributed by atoms with Crippen LogP contribution >= 0.6 is 0 Å². The highest BCUT2D eigenvalue weighted by Gasteiger charge is 2.33. The lowest BCUT2D eigenvalue weighted by molar-refractivity contribution is 0.0771. The molecule has 0 bridgehead atoms. The SMILES string of the molecule is COCC(C)(C)CC(C)(C)C(=N)OC. The molecule has 0 radical (unpaired) electrons. The summed E-state index contributed by atoms with van der Waals surface area (Å²) >= 11 is 0. The van der Waals surface area contributed by atoms with Crippen LogP contribution in [0.3, 0.4) is 0 Å². The molecular formula is C11H23NO2. The second-order valence-electron chi connectivity index (χ2n) is 5.19. The van der Waals surface area contributed by atoms with Gasteiger partial charge in [0.05, 0.1) is 13.7 Å². The van der Waals surface area contributed by atoms with Gasteiger partial charge in [-0.25, -0.2) is 0 Å². The Bertz CT molecular complexity index is 197. The minimum atomic E-state index is -0.225. The van der Waals surface area contributed by atoms with Crippen molar-refractivity contribution in [3.8, 4) is 0 Å². The van der Waals surface area contributed by atoms with E-state index >= 15 is 0 Å². The molecule has 0 heterocycles. The Morgan fingerprint density at radius 2 is 1.64 bits per heavy atom. The lowest BCUT2D eigenvalue weighted by Crippen LogP contribution is -2.33. The smallest absolute Gasteiger partial charge is 0.185 e. The highest BCUT2D eigenvalue weighted by atomic mass is 16.5. The van der Waals surface area contributed by atoms with Gasteiger partial charge in [-0.05, 0) is 11.8 Å². The summed E-state index contributed by atoms with van der Waals surface area (Å²) in [5.74, 6) is 0.335. The zero-order valence-electron chi connectivity index (χ0n) is 10.2. The normalized spacial score (nSPS) is 12.7. The summed E-state index contributed by atoms with van der Waals surface area (Å²) in [6, 6.07) is 0. The van der Waals surface area contributed by atoms with Crippen molar-refractivity contribution in [2.75, 3.05) is 20.8 Å². The third kappa shape index (κ3) is 4.09. The first-order chi connectivity index (χ1) is 6.25. The maximum Gasteiger partial charge on any atom is 0.185 e. The van der Waals surface area contributed by atoms with Crippen molar-refractivity contribution < 1.29 is 9.47 Å². The molecule has 0 aliphatic rings. The third-order valence-corrected chi connectivity index (χ3v) is 2.27. The number of methoxy groups -OCH3 is 2. The van der Waals surface area contributed by atoms with Gasteiger partial charge >= 0.3 is 0 Å². The molecule has 0 aromatic rings. The number of hydrogen-bond donors (Lipinski definition) is 1. The molecule has 0 aliphatic carbocycles. The van der Waals surface area contributed by atoms with Crippen LogP contribution in [0.25, 0.3) is 0 Å². The van der Waals surface area contributed by atoms with Gasteiger partial charge in [-0.3, -0.25) is 5.41 Å². The zero-order chi connectivity index (χ0) is 11.4. The first-order valence-electron chi connectivity index (χ1n) is 4.87. The van der Waals surface area contributed by atoms with Crippen LogP contribution in [0.15, 0.2) is 0 Å². The van der Waals surface area contributed by atoms with E-state index in [1.165, 1.54) is 0 Å². The minimum absolute atomic E-state index is 0.0725. The third-order valence-electron chi connectivity index (χ3n) is 2.27. The molecule has 0 aliphatic heterocycles. The van der Waals surface area contributed by atoms with Crippen LogP contribution in [-0.2, 0) is 9.47 Å². The van der Waals surface area contributed by atoms with E-state index in [0.717, 1.165) is 6.42 Å². The fourth-order valence-electron chi connectivity index (χ4n) is 1.99. The number of rotatable bonds is 5. The van der Waals surface area contributed by atoms with E-state index in [1.807, 2.05) is 13.8 Å². The van der Waals surface area contributed by atoms with Crippen LogP contribution in [0, 0.1) is 16.2 Å². The Morgan fingerprint density at radius 3 is 2.00 bits per heavy atom. The van der Waals surface area contributed by atoms with Gasteiger partial charge in [0, 0.05) is 12.5 Å². The summed E-state index contributed by atoms with van der Waals surface area (Å²) in [7, 11) is 3.25. The van der Waals surface area contributed by atoms with Gasteiger partial charge in [0.2, 0.25) is 0 Å². The maximum absolute atomic E-state index is 7.69. The lowest BCUT2D eigenvalue weighted by atomic mass is 9.75. The molecule has 0 unspecified atom stereocenters. The summed E-state index contributed by atoms with van der Waals surface area (Å²) in [4.78, 5) is 0. The standard InChI is InChI=1S/C11H23NO2/c1-10(2,8-13-5)7-11(3,4)9(12)14-6/h12H,7-8H2,1-6H3. The quantitative estimate of drug-likeness (QED) is 0.549. The average Bonchev–Trinajstić information content (AvgIpc) is 2.00. The van der Waals surface area contributed by atoms with Crippen LogP contribution < -0.4 is 0 Å². The molecule has 3 heteroatoms. The molecule has 0 saturated heterocycles. The number of hydrogen-bond acceptors (Lipinski definition) is 3. The van der Waals surface area contributed by atoms with E-state index in [-0.39, 0.29) is 10.8 Å². The first-order valence-corrected chi connectivity index (χ1v) is 4.87. The van der Waals surface area contributed by atoms with Crippen LogP contribution in [0.5, 0.6) is 0 Å². The topological polar surface area (TPSA) is 42.3 Å². The number of nitrogens with one attached hydrogen (secondary N) is 1. The van der Waals surface area contributed by atoms with E-state index in [2.05, 4.69) is 13.8 Å². The Kier molecular flexibility index (Phi) is 4.59. The molecule has 3 nitrogen and oxygen atoms in total. The van der Waals surface area contributed by atoms with Crippen LogP contribution in [0.1, 0.15) is 34.1 Å². The van der Waals surface area contributed by atoms with Gasteiger partial charge in [0.1, 0.15) is 0 Å². The van der Waals surface area contributed by atoms with Gasteiger partial charge in [-0.2, -0.15) is 0 Å². The second kappa shape index (κ2) is 4.78. The van der Waals surface area contributed by atoms with Crippen LogP contribution in [-0.4, -0.2) is 26.7 Å². The number of ether oxygens (including phenoxy) is 2. The Hall–Kier alpha value is -0.570. The van der Waals surface area contributed by atoms with Crippen molar-refractivity contribution >= 4 is 5.90 Å². The predicted molar refractivity (Wildman–Crippen MR) is 58.8 cm³/mol. The molecule has 1 N–H and O–H groups in total. The molecule has 0 saturated carbocycles. The highest BCUT2D eigenvalue weighted by molar-refractivity contribution is 5.78. The Balaban J connectivity index is 4.41. The average molecular weight is 201 g/mol. The zero-order valence-corrected chi connectivity index (χ0v) is 10.2. The summed E-state index contributed by atoms with van der Waals surface area (Å²) in [6.07, 6.45) is 0.876. The molecule has 14 heavy (non-hydrogen) atoms. The molecule has 0 spiro atoms. The largest absolute Gasteiger partial charge is 0.484 e. The van der Waals surface area contributed by atoms with Gasteiger partial charge in [-0.1, -0.05) is 27.7 Å². The van der Waals surface area contributed by atoms with Crippen molar-refractivity contribution in [3.63, 3.8) is 0 Å². The van der Waals surface area contributed by atoms with Crippen molar-refractivity contribution in [2.45, 2.75) is 34.1 Å². The highest BCUT2D eigenvalue weighted by Crippen LogP contribution is 2.34. The van der Waals surface area contributed by atoms with E-state index in [9.17, 15) is 0 Å². The van der Waals surface area contributed by atoms with Gasteiger partial charge in [0.15, 0.2) is 5.90 Å². The molecule has 0 aromatic heterocycles. The van der Waals surface area contributed by atoms with Crippen molar-refractivity contribution in [3.05, 3.63) is 0 Å². The fourth-order valence-corrected chi connectivity index (χ4v) is 1.99. The molecule has 0 amide bonds. The molecule has 0 fully saturated rings. The molecule has 0 rings (SSSR count). The van der Waals surface area contributed by atoms with Gasteiger partial charge in [0.25, 0.3) is 0 Å². The molecular weight excluding hydrogens is 178 g/mol. The second-order valence-corrected chi connectivity index (χ2v) is 5.19. The first kappa shape index (κ1) is 13.4. The Labute approximate surface area is 87.3 Å². The maximum atomic E-state index is 7.69. The van der Waals surface area contributed by atoms with E-state index in [1.54, 1.807) is 14.2 Å². The van der Waals surface area contributed by atoms with Gasteiger partial charge in [-0.15, -0.1) is 0 Å². The van der Waals surface area contributed by atoms with Crippen molar-refractivity contribution in [2.24, 2.45) is 10.8 Å². The molecule has 0 atom stereocenters. The molecule has 0 aromatic carbocycles. The van der Waals surface area contributed by atoms with Crippen molar-refractivity contribution in [1.82, 2.24) is 0 Å². The van der Waals surface area contributed by atoms with E-state index < -0.39 is 0 Å². The minimum Gasteiger partial charge on any atom is -0.484 e. The van der Waals surface area contributed by atoms with Gasteiger partial charge < -0.3 is 9.47 Å². The van der Waals surface area contributed by atoms with Crippen molar-refractivity contribution in [1.29, 1.82) is 5.41 Å². The summed E-state index contributed by atoms with van der Waals surface area (Å²) in [5.41, 5.74) is -0.153. The van der Waals surface area contributed by atoms with E-state index in [0.29, 0.717) is 12.5 Å².